The van der Waals surface area contributed by atoms with Crippen LogP contribution in [0.15, 0.2) is 83.7 Å². The predicted molar refractivity (Wildman–Crippen MR) is 148 cm³/mol. The lowest BCUT2D eigenvalue weighted by atomic mass is 10.1. The number of hydrogen-bond donors (Lipinski definition) is 2. The van der Waals surface area contributed by atoms with Gasteiger partial charge in [-0.2, -0.15) is 0 Å². The Bertz CT molecular complexity index is 1470. The quantitative estimate of drug-likeness (QED) is 0.378. The number of carbonyl (C=O) groups excluding carboxylic acids is 2. The zero-order valence-electron chi connectivity index (χ0n) is 21.5. The normalized spacial score (nSPS) is 10.7. The molecule has 4 aromatic rings. The Morgan fingerprint density at radius 2 is 1.59 bits per heavy atom. The number of rotatable bonds is 8. The molecule has 190 valence electrons. The van der Waals surface area contributed by atoms with Crippen molar-refractivity contribution in [1.82, 2.24) is 9.36 Å². The molecule has 2 N–H and O–H groups in total. The molecule has 37 heavy (non-hydrogen) atoms. The predicted octanol–water partition coefficient (Wildman–Crippen LogP) is 4.37. The number of hydrogen-bond acceptors (Lipinski definition) is 4. The second kappa shape index (κ2) is 11.0. The van der Waals surface area contributed by atoms with E-state index in [4.69, 9.17) is 0 Å². The molecule has 0 atom stereocenters. The van der Waals surface area contributed by atoms with E-state index in [2.05, 4.69) is 10.6 Å². The number of amides is 2. The van der Waals surface area contributed by atoms with Gasteiger partial charge in [0.1, 0.15) is 5.69 Å². The van der Waals surface area contributed by atoms with Gasteiger partial charge in [-0.15, -0.1) is 0 Å². The van der Waals surface area contributed by atoms with E-state index in [1.165, 1.54) is 4.68 Å². The maximum absolute atomic E-state index is 13.1. The molecule has 0 saturated heterocycles. The summed E-state index contributed by atoms with van der Waals surface area (Å²) in [7, 11) is 5.74. The number of para-hydroxylation sites is 1. The summed E-state index contributed by atoms with van der Waals surface area (Å²) in [6, 6.07) is 24.0. The molecule has 3 aromatic carbocycles. The third kappa shape index (κ3) is 5.81. The first kappa shape index (κ1) is 25.5. The SMILES string of the molecule is Cc1c(NC(=O)c2cccc(NC(=O)CCc3ccc(N(C)C)cc3)c2)c(=O)n(-c2ccccc2)n1C. The van der Waals surface area contributed by atoms with Gasteiger partial charge in [-0.25, -0.2) is 4.68 Å². The molecule has 0 aliphatic rings. The van der Waals surface area contributed by atoms with E-state index >= 15 is 0 Å². The fourth-order valence-corrected chi connectivity index (χ4v) is 4.08. The molecule has 1 heterocycles. The number of nitrogens with one attached hydrogen (secondary N) is 2. The number of anilines is 3. The highest BCUT2D eigenvalue weighted by Crippen LogP contribution is 2.18. The molecule has 0 unspecified atom stereocenters. The van der Waals surface area contributed by atoms with Crippen molar-refractivity contribution in [1.29, 1.82) is 0 Å². The maximum Gasteiger partial charge on any atom is 0.295 e. The van der Waals surface area contributed by atoms with Crippen molar-refractivity contribution >= 4 is 28.9 Å². The molecule has 8 nitrogen and oxygen atoms in total. The smallest absolute Gasteiger partial charge is 0.295 e. The topological polar surface area (TPSA) is 88.4 Å². The van der Waals surface area contributed by atoms with Gasteiger partial charge in [0.15, 0.2) is 0 Å². The lowest BCUT2D eigenvalue weighted by molar-refractivity contribution is -0.116. The van der Waals surface area contributed by atoms with Crippen LogP contribution in [0.25, 0.3) is 5.69 Å². The van der Waals surface area contributed by atoms with Crippen molar-refractivity contribution in [2.45, 2.75) is 19.8 Å². The lowest BCUT2D eigenvalue weighted by Crippen LogP contribution is -2.23. The third-order valence-electron chi connectivity index (χ3n) is 6.29. The van der Waals surface area contributed by atoms with Crippen molar-refractivity contribution in [3.05, 3.63) is 106 Å². The lowest BCUT2D eigenvalue weighted by Gasteiger charge is -2.12. The van der Waals surface area contributed by atoms with E-state index in [-0.39, 0.29) is 17.2 Å². The molecule has 0 spiro atoms. The van der Waals surface area contributed by atoms with Gasteiger partial charge in [-0.3, -0.25) is 19.1 Å². The van der Waals surface area contributed by atoms with Crippen LogP contribution in [0, 0.1) is 6.92 Å². The van der Waals surface area contributed by atoms with Gasteiger partial charge >= 0.3 is 0 Å². The molecule has 1 aromatic heterocycles. The Hall–Kier alpha value is -4.59. The van der Waals surface area contributed by atoms with Crippen molar-refractivity contribution in [2.75, 3.05) is 29.6 Å². The van der Waals surface area contributed by atoms with Crippen LogP contribution < -0.4 is 21.1 Å². The highest BCUT2D eigenvalue weighted by Gasteiger charge is 2.19. The first-order valence-corrected chi connectivity index (χ1v) is 12.1. The Kier molecular flexibility index (Phi) is 7.57. The zero-order valence-corrected chi connectivity index (χ0v) is 21.5. The molecular weight excluding hydrogens is 466 g/mol. The zero-order chi connectivity index (χ0) is 26.5. The average molecular weight is 498 g/mol. The minimum atomic E-state index is -0.428. The summed E-state index contributed by atoms with van der Waals surface area (Å²) in [6.07, 6.45) is 0.931. The minimum absolute atomic E-state index is 0.140. The van der Waals surface area contributed by atoms with Crippen LogP contribution in [0.2, 0.25) is 0 Å². The van der Waals surface area contributed by atoms with E-state index < -0.39 is 5.91 Å². The van der Waals surface area contributed by atoms with Crippen molar-refractivity contribution in [3.63, 3.8) is 0 Å². The second-order valence-electron chi connectivity index (χ2n) is 9.08. The Morgan fingerprint density at radius 1 is 0.892 bits per heavy atom. The molecule has 4 rings (SSSR count). The fraction of sp³-hybridized carbons (Fsp3) is 0.207. The van der Waals surface area contributed by atoms with Crippen LogP contribution in [0.4, 0.5) is 17.1 Å². The maximum atomic E-state index is 13.1. The first-order valence-electron chi connectivity index (χ1n) is 12.1. The van der Waals surface area contributed by atoms with Crippen LogP contribution in [-0.2, 0) is 18.3 Å². The summed E-state index contributed by atoms with van der Waals surface area (Å²) in [5, 5.41) is 5.62. The number of aryl methyl sites for hydroxylation is 1. The van der Waals surface area contributed by atoms with Crippen LogP contribution in [0.5, 0.6) is 0 Å². The van der Waals surface area contributed by atoms with Crippen molar-refractivity contribution in [2.24, 2.45) is 7.05 Å². The number of benzene rings is 3. The first-order chi connectivity index (χ1) is 17.7. The Labute approximate surface area is 216 Å². The summed E-state index contributed by atoms with van der Waals surface area (Å²) in [4.78, 5) is 40.7. The number of carbonyl (C=O) groups is 2. The molecule has 8 heteroatoms. The van der Waals surface area contributed by atoms with Gasteiger partial charge in [0, 0.05) is 44.5 Å². The molecule has 2 amide bonds. The van der Waals surface area contributed by atoms with Gasteiger partial charge in [0.2, 0.25) is 5.91 Å². The minimum Gasteiger partial charge on any atom is -0.378 e. The van der Waals surface area contributed by atoms with Gasteiger partial charge in [0.25, 0.3) is 11.5 Å². The highest BCUT2D eigenvalue weighted by molar-refractivity contribution is 6.05. The second-order valence-corrected chi connectivity index (χ2v) is 9.08. The summed E-state index contributed by atoms with van der Waals surface area (Å²) >= 11 is 0. The Morgan fingerprint density at radius 3 is 2.27 bits per heavy atom. The monoisotopic (exact) mass is 497 g/mol. The number of aromatic nitrogens is 2. The van der Waals surface area contributed by atoms with E-state index in [1.54, 1.807) is 42.9 Å². The van der Waals surface area contributed by atoms with Crippen LogP contribution in [0.1, 0.15) is 28.0 Å². The van der Waals surface area contributed by atoms with Crippen LogP contribution in [0.3, 0.4) is 0 Å². The average Bonchev–Trinajstić information content (AvgIpc) is 3.11. The summed E-state index contributed by atoms with van der Waals surface area (Å²) in [6.45, 7) is 1.78. The molecule has 0 bridgehead atoms. The summed E-state index contributed by atoms with van der Waals surface area (Å²) < 4.78 is 3.22. The molecule has 0 radical (unpaired) electrons. The molecular formula is C29H31N5O3. The van der Waals surface area contributed by atoms with Crippen molar-refractivity contribution in [3.8, 4) is 5.69 Å². The third-order valence-corrected chi connectivity index (χ3v) is 6.29. The molecule has 0 saturated carbocycles. The Balaban J connectivity index is 1.42. The van der Waals surface area contributed by atoms with Gasteiger partial charge in [0.05, 0.1) is 11.4 Å². The fourth-order valence-electron chi connectivity index (χ4n) is 4.08. The highest BCUT2D eigenvalue weighted by atomic mass is 16.2. The largest absolute Gasteiger partial charge is 0.378 e. The molecule has 0 aliphatic heterocycles. The number of nitrogens with zero attached hydrogens (tertiary/aromatic N) is 3. The van der Waals surface area contributed by atoms with Gasteiger partial charge in [-0.05, 0) is 61.4 Å². The van der Waals surface area contributed by atoms with Crippen molar-refractivity contribution < 1.29 is 9.59 Å². The van der Waals surface area contributed by atoms with E-state index in [9.17, 15) is 14.4 Å². The summed E-state index contributed by atoms with van der Waals surface area (Å²) in [5.41, 5.74) is 4.27. The molecule has 0 fully saturated rings. The molecule has 0 aliphatic carbocycles. The van der Waals surface area contributed by atoms with Crippen LogP contribution in [-0.4, -0.2) is 35.3 Å². The van der Waals surface area contributed by atoms with E-state index in [1.807, 2.05) is 73.6 Å². The van der Waals surface area contributed by atoms with Crippen LogP contribution >= 0.6 is 0 Å². The van der Waals surface area contributed by atoms with Gasteiger partial charge in [-0.1, -0.05) is 36.4 Å². The summed E-state index contributed by atoms with van der Waals surface area (Å²) in [5.74, 6) is -0.568. The van der Waals surface area contributed by atoms with E-state index in [0.717, 1.165) is 11.3 Å². The van der Waals surface area contributed by atoms with Gasteiger partial charge < -0.3 is 15.5 Å². The standard InChI is InChI=1S/C29H31N5O3/c1-20-27(29(37)34(33(20)4)25-11-6-5-7-12-25)31-28(36)22-9-8-10-23(19-22)30-26(35)18-15-21-13-16-24(17-14-21)32(2)3/h5-14,16-17,19H,15,18H2,1-4H3,(H,30,35)(H,31,36). The van der Waals surface area contributed by atoms with E-state index in [0.29, 0.717) is 35.5 Å².